The zero-order valence-electron chi connectivity index (χ0n) is 5.75. The van der Waals surface area contributed by atoms with Crippen molar-refractivity contribution in [2.75, 3.05) is 6.61 Å². The lowest BCUT2D eigenvalue weighted by Gasteiger charge is -2.20. The van der Waals surface area contributed by atoms with Crippen LogP contribution in [0.15, 0.2) is 0 Å². The molecule has 6 nitrogen and oxygen atoms in total. The summed E-state index contributed by atoms with van der Waals surface area (Å²) in [5, 5.41) is 26.0. The zero-order chi connectivity index (χ0) is 8.85. The second-order valence-electron chi connectivity index (χ2n) is 1.98. The molecule has 0 fully saturated rings. The summed E-state index contributed by atoms with van der Waals surface area (Å²) in [6.45, 7) is -0.632. The summed E-state index contributed by atoms with van der Waals surface area (Å²) >= 11 is 0. The van der Waals surface area contributed by atoms with Crippen molar-refractivity contribution in [1.82, 2.24) is 0 Å². The fourth-order valence-electron chi connectivity index (χ4n) is 0.580. The molecule has 0 amide bonds. The summed E-state index contributed by atoms with van der Waals surface area (Å²) < 4.78 is 0. The minimum absolute atomic E-state index is 0.163. The van der Waals surface area contributed by atoms with Crippen molar-refractivity contribution in [2.24, 2.45) is 5.90 Å². The van der Waals surface area contributed by atoms with Crippen LogP contribution in [-0.4, -0.2) is 46.5 Å². The number of aldehydes is 1. The number of carbonyl (C=O) groups excluding carboxylic acids is 1. The summed E-state index contributed by atoms with van der Waals surface area (Å²) in [7, 11) is 0. The number of carbonyl (C=O) groups is 1. The van der Waals surface area contributed by atoms with Crippen molar-refractivity contribution in [3.05, 3.63) is 0 Å². The highest BCUT2D eigenvalue weighted by atomic mass is 16.6. The van der Waals surface area contributed by atoms with E-state index in [-0.39, 0.29) is 6.29 Å². The van der Waals surface area contributed by atoms with Crippen LogP contribution in [0.25, 0.3) is 0 Å². The molecule has 0 bridgehead atoms. The first kappa shape index (κ1) is 10.5. The molecule has 3 atom stereocenters. The summed E-state index contributed by atoms with van der Waals surface area (Å²) in [4.78, 5) is 14.0. The Kier molecular flexibility index (Phi) is 4.92. The van der Waals surface area contributed by atoms with Crippen molar-refractivity contribution in [3.63, 3.8) is 0 Å². The van der Waals surface area contributed by atoms with E-state index in [1.807, 2.05) is 0 Å². The Bertz CT molecular complexity index is 119. The molecular formula is C5H11NO5. The smallest absolute Gasteiger partial charge is 0.151 e. The lowest BCUT2D eigenvalue weighted by atomic mass is 10.1. The van der Waals surface area contributed by atoms with E-state index >= 15 is 0 Å². The van der Waals surface area contributed by atoms with Crippen LogP contribution in [0.3, 0.4) is 0 Å². The van der Waals surface area contributed by atoms with Crippen molar-refractivity contribution >= 4 is 6.29 Å². The van der Waals surface area contributed by atoms with Crippen LogP contribution >= 0.6 is 0 Å². The maximum atomic E-state index is 9.95. The van der Waals surface area contributed by atoms with Crippen LogP contribution in [-0.2, 0) is 9.63 Å². The number of nitrogens with two attached hydrogens (primary N) is 1. The second kappa shape index (κ2) is 5.16. The van der Waals surface area contributed by atoms with Crippen molar-refractivity contribution < 1.29 is 25.0 Å². The van der Waals surface area contributed by atoms with E-state index in [0.29, 0.717) is 0 Å². The highest BCUT2D eigenvalue weighted by molar-refractivity contribution is 5.56. The Morgan fingerprint density at radius 1 is 1.55 bits per heavy atom. The summed E-state index contributed by atoms with van der Waals surface area (Å²) in [5.41, 5.74) is 0. The van der Waals surface area contributed by atoms with Gasteiger partial charge in [-0.25, -0.2) is 5.90 Å². The number of aliphatic hydroxyl groups excluding tert-OH is 3. The van der Waals surface area contributed by atoms with Gasteiger partial charge in [-0.2, -0.15) is 0 Å². The van der Waals surface area contributed by atoms with Gasteiger partial charge in [-0.05, 0) is 0 Å². The van der Waals surface area contributed by atoms with E-state index in [0.717, 1.165) is 0 Å². The number of hydrogen-bond donors (Lipinski definition) is 4. The van der Waals surface area contributed by atoms with Crippen LogP contribution < -0.4 is 5.90 Å². The molecule has 0 aromatic carbocycles. The average molecular weight is 165 g/mol. The van der Waals surface area contributed by atoms with E-state index in [1.54, 1.807) is 0 Å². The molecule has 0 heterocycles. The number of aliphatic hydroxyl groups is 3. The normalized spacial score (nSPS) is 18.9. The second-order valence-corrected chi connectivity index (χ2v) is 1.98. The molecule has 0 aliphatic carbocycles. The molecule has 0 radical (unpaired) electrons. The van der Waals surface area contributed by atoms with Gasteiger partial charge in [0, 0.05) is 0 Å². The molecule has 5 N–H and O–H groups in total. The molecule has 66 valence electrons. The Morgan fingerprint density at radius 3 is 2.36 bits per heavy atom. The molecule has 0 rings (SSSR count). The summed E-state index contributed by atoms with van der Waals surface area (Å²) in [6.07, 6.45) is -4.00. The molecular weight excluding hydrogens is 154 g/mol. The van der Waals surface area contributed by atoms with Gasteiger partial charge in [-0.15, -0.1) is 0 Å². The average Bonchev–Trinajstić information content (AvgIpc) is 2.05. The standard InChI is InChI=1S/C5H11NO5/c6-11-5(3(9)1-7)4(10)2-8/h1,3-5,8-10H,2,6H2/t3-,4+,5-/m0/s1. The monoisotopic (exact) mass is 165 g/mol. The van der Waals surface area contributed by atoms with Crippen LogP contribution in [0.2, 0.25) is 0 Å². The van der Waals surface area contributed by atoms with Gasteiger partial charge in [0.25, 0.3) is 0 Å². The van der Waals surface area contributed by atoms with E-state index < -0.39 is 24.9 Å². The van der Waals surface area contributed by atoms with E-state index in [9.17, 15) is 4.79 Å². The molecule has 0 aliphatic rings. The van der Waals surface area contributed by atoms with E-state index in [4.69, 9.17) is 15.3 Å². The van der Waals surface area contributed by atoms with E-state index in [2.05, 4.69) is 10.7 Å². The molecule has 0 saturated heterocycles. The summed E-state index contributed by atoms with van der Waals surface area (Å²) in [6, 6.07) is 0. The molecule has 11 heavy (non-hydrogen) atoms. The fraction of sp³-hybridized carbons (Fsp3) is 0.800. The van der Waals surface area contributed by atoms with Crippen LogP contribution in [0.4, 0.5) is 0 Å². The third kappa shape index (κ3) is 2.91. The van der Waals surface area contributed by atoms with Gasteiger partial charge in [0.2, 0.25) is 0 Å². The van der Waals surface area contributed by atoms with Crippen LogP contribution in [0.1, 0.15) is 0 Å². The highest BCUT2D eigenvalue weighted by Gasteiger charge is 2.26. The molecule has 0 saturated carbocycles. The van der Waals surface area contributed by atoms with Crippen molar-refractivity contribution in [1.29, 1.82) is 0 Å². The van der Waals surface area contributed by atoms with Crippen LogP contribution in [0.5, 0.6) is 0 Å². The quantitative estimate of drug-likeness (QED) is 0.258. The molecule has 0 aromatic heterocycles. The lowest BCUT2D eigenvalue weighted by Crippen LogP contribution is -2.44. The van der Waals surface area contributed by atoms with Gasteiger partial charge < -0.3 is 20.1 Å². The first-order valence-corrected chi connectivity index (χ1v) is 2.95. The molecule has 6 heteroatoms. The molecule has 0 spiro atoms. The predicted molar refractivity (Wildman–Crippen MR) is 34.2 cm³/mol. The Labute approximate surface area is 63.2 Å². The minimum atomic E-state index is -1.53. The third-order valence-corrected chi connectivity index (χ3v) is 1.20. The number of rotatable bonds is 5. The maximum Gasteiger partial charge on any atom is 0.151 e. The van der Waals surface area contributed by atoms with Crippen molar-refractivity contribution in [2.45, 2.75) is 18.3 Å². The van der Waals surface area contributed by atoms with Gasteiger partial charge in [0.15, 0.2) is 6.29 Å². The molecule has 0 aliphatic heterocycles. The van der Waals surface area contributed by atoms with Crippen molar-refractivity contribution in [3.8, 4) is 0 Å². The first-order chi connectivity index (χ1) is 5.17. The Hall–Kier alpha value is -0.530. The number of hydrogen-bond acceptors (Lipinski definition) is 6. The van der Waals surface area contributed by atoms with Crippen LogP contribution in [0, 0.1) is 0 Å². The lowest BCUT2D eigenvalue weighted by molar-refractivity contribution is -0.138. The van der Waals surface area contributed by atoms with Gasteiger partial charge in [0.1, 0.15) is 18.3 Å². The Balaban J connectivity index is 4.02. The maximum absolute atomic E-state index is 9.95. The molecule has 0 aromatic rings. The van der Waals surface area contributed by atoms with Gasteiger partial charge >= 0.3 is 0 Å². The highest BCUT2D eigenvalue weighted by Crippen LogP contribution is 2.00. The minimum Gasteiger partial charge on any atom is -0.394 e. The summed E-state index contributed by atoms with van der Waals surface area (Å²) in [5.74, 6) is 4.64. The predicted octanol–water partition coefficient (Wildman–Crippen LogP) is -2.84. The third-order valence-electron chi connectivity index (χ3n) is 1.20. The Morgan fingerprint density at radius 2 is 2.09 bits per heavy atom. The largest absolute Gasteiger partial charge is 0.394 e. The van der Waals surface area contributed by atoms with E-state index in [1.165, 1.54) is 0 Å². The van der Waals surface area contributed by atoms with Gasteiger partial charge in [-0.1, -0.05) is 0 Å². The SMILES string of the molecule is NO[C@H]([C@H](O)CO)[C@@H](O)C=O. The topological polar surface area (TPSA) is 113 Å². The van der Waals surface area contributed by atoms with Gasteiger partial charge in [-0.3, -0.25) is 4.84 Å². The fourth-order valence-corrected chi connectivity index (χ4v) is 0.580. The zero-order valence-corrected chi connectivity index (χ0v) is 5.75. The molecule has 0 unspecified atom stereocenters. The first-order valence-electron chi connectivity index (χ1n) is 2.95. The van der Waals surface area contributed by atoms with Gasteiger partial charge in [0.05, 0.1) is 6.61 Å².